The Hall–Kier alpha value is -1.36. The summed E-state index contributed by atoms with van der Waals surface area (Å²) in [5.41, 5.74) is 1.38. The van der Waals surface area contributed by atoms with Crippen molar-refractivity contribution in [1.29, 1.82) is 0 Å². The van der Waals surface area contributed by atoms with Gasteiger partial charge in [0.05, 0.1) is 0 Å². The van der Waals surface area contributed by atoms with Crippen LogP contribution in [0.2, 0.25) is 0 Å². The summed E-state index contributed by atoms with van der Waals surface area (Å²) in [5, 5.41) is 9.31. The van der Waals surface area contributed by atoms with Gasteiger partial charge in [-0.3, -0.25) is 0 Å². The third kappa shape index (κ3) is 2.34. The van der Waals surface area contributed by atoms with Gasteiger partial charge in [0.25, 0.3) is 0 Å². The van der Waals surface area contributed by atoms with Gasteiger partial charge in [-0.1, -0.05) is 25.2 Å². The molecule has 0 aliphatic carbocycles. The second-order valence-corrected chi connectivity index (χ2v) is 5.32. The van der Waals surface area contributed by atoms with Crippen LogP contribution in [-0.4, -0.2) is 10.2 Å². The highest BCUT2D eigenvalue weighted by Gasteiger charge is 2.16. The van der Waals surface area contributed by atoms with Crippen molar-refractivity contribution in [2.45, 2.75) is 26.7 Å². The highest BCUT2D eigenvalue weighted by atomic mass is 32.1. The standard InChI is InChI=1S/C12H12F2N2S/c1-6(2)8-4-10(13)11(14)5-9(8)12-16-15-7(3)17-12/h4-6H,1-3H3. The molecule has 1 aromatic carbocycles. The van der Waals surface area contributed by atoms with E-state index in [0.29, 0.717) is 10.6 Å². The number of rotatable bonds is 2. The van der Waals surface area contributed by atoms with Gasteiger partial charge in [0.15, 0.2) is 11.6 Å². The van der Waals surface area contributed by atoms with Crippen molar-refractivity contribution in [2.24, 2.45) is 0 Å². The molecule has 0 saturated heterocycles. The highest BCUT2D eigenvalue weighted by Crippen LogP contribution is 2.32. The van der Waals surface area contributed by atoms with Crippen molar-refractivity contribution in [1.82, 2.24) is 10.2 Å². The lowest BCUT2D eigenvalue weighted by molar-refractivity contribution is 0.506. The third-order valence-electron chi connectivity index (χ3n) is 2.47. The predicted molar refractivity (Wildman–Crippen MR) is 64.1 cm³/mol. The number of halogens is 2. The van der Waals surface area contributed by atoms with Gasteiger partial charge in [-0.05, 0) is 30.5 Å². The van der Waals surface area contributed by atoms with Crippen molar-refractivity contribution in [3.63, 3.8) is 0 Å². The molecular formula is C12H12F2N2S. The fraction of sp³-hybridized carbons (Fsp3) is 0.333. The van der Waals surface area contributed by atoms with Crippen LogP contribution in [0.25, 0.3) is 10.6 Å². The van der Waals surface area contributed by atoms with Crippen LogP contribution in [0.1, 0.15) is 30.3 Å². The zero-order chi connectivity index (χ0) is 12.6. The number of benzene rings is 1. The fourth-order valence-corrected chi connectivity index (χ4v) is 2.36. The van der Waals surface area contributed by atoms with Crippen LogP contribution >= 0.6 is 11.3 Å². The Bertz CT molecular complexity index is 549. The van der Waals surface area contributed by atoms with E-state index in [9.17, 15) is 8.78 Å². The summed E-state index contributed by atoms with van der Waals surface area (Å²) in [5.74, 6) is -1.57. The van der Waals surface area contributed by atoms with Crippen LogP contribution < -0.4 is 0 Å². The molecule has 2 nitrogen and oxygen atoms in total. The Morgan fingerprint density at radius 1 is 1.12 bits per heavy atom. The summed E-state index contributed by atoms with van der Waals surface area (Å²) in [6.07, 6.45) is 0. The molecule has 0 amide bonds. The molecule has 0 atom stereocenters. The molecule has 0 bridgehead atoms. The lowest BCUT2D eigenvalue weighted by atomic mass is 9.97. The lowest BCUT2D eigenvalue weighted by Crippen LogP contribution is -1.96. The minimum Gasteiger partial charge on any atom is -0.204 e. The largest absolute Gasteiger partial charge is 0.204 e. The second-order valence-electron chi connectivity index (χ2n) is 4.13. The van der Waals surface area contributed by atoms with E-state index >= 15 is 0 Å². The molecule has 0 spiro atoms. The maximum atomic E-state index is 13.3. The molecular weight excluding hydrogens is 242 g/mol. The number of nitrogens with zero attached hydrogens (tertiary/aromatic N) is 2. The van der Waals surface area contributed by atoms with E-state index in [1.807, 2.05) is 20.8 Å². The maximum absolute atomic E-state index is 13.3. The van der Waals surface area contributed by atoms with Gasteiger partial charge in [-0.2, -0.15) is 0 Å². The summed E-state index contributed by atoms with van der Waals surface area (Å²) in [4.78, 5) is 0. The van der Waals surface area contributed by atoms with Crippen molar-refractivity contribution < 1.29 is 8.78 Å². The molecule has 0 radical (unpaired) electrons. The van der Waals surface area contributed by atoms with Crippen LogP contribution in [0.15, 0.2) is 12.1 Å². The van der Waals surface area contributed by atoms with Crippen molar-refractivity contribution in [3.05, 3.63) is 34.3 Å². The molecule has 0 unspecified atom stereocenters. The average molecular weight is 254 g/mol. The van der Waals surface area contributed by atoms with Crippen molar-refractivity contribution >= 4 is 11.3 Å². The summed E-state index contributed by atoms with van der Waals surface area (Å²) in [6, 6.07) is 2.44. The highest BCUT2D eigenvalue weighted by molar-refractivity contribution is 7.14. The lowest BCUT2D eigenvalue weighted by Gasteiger charge is -2.11. The number of hydrogen-bond donors (Lipinski definition) is 0. The van der Waals surface area contributed by atoms with Gasteiger partial charge in [-0.15, -0.1) is 10.2 Å². The quantitative estimate of drug-likeness (QED) is 0.811. The van der Waals surface area contributed by atoms with Gasteiger partial charge >= 0.3 is 0 Å². The Morgan fingerprint density at radius 3 is 2.29 bits per heavy atom. The van der Waals surface area contributed by atoms with E-state index in [1.54, 1.807) is 0 Å². The Balaban J connectivity index is 2.63. The van der Waals surface area contributed by atoms with Gasteiger partial charge in [0.1, 0.15) is 10.0 Å². The van der Waals surface area contributed by atoms with Crippen LogP contribution in [0, 0.1) is 18.6 Å². The van der Waals surface area contributed by atoms with Gasteiger partial charge in [0.2, 0.25) is 0 Å². The molecule has 1 aromatic heterocycles. The summed E-state index contributed by atoms with van der Waals surface area (Å²) >= 11 is 1.38. The summed E-state index contributed by atoms with van der Waals surface area (Å²) < 4.78 is 26.5. The zero-order valence-electron chi connectivity index (χ0n) is 9.79. The smallest absolute Gasteiger partial charge is 0.159 e. The molecule has 1 heterocycles. The van der Waals surface area contributed by atoms with Gasteiger partial charge < -0.3 is 0 Å². The average Bonchev–Trinajstić information content (AvgIpc) is 2.68. The SMILES string of the molecule is Cc1nnc(-c2cc(F)c(F)cc2C(C)C)s1. The van der Waals surface area contributed by atoms with Crippen LogP contribution in [0.4, 0.5) is 8.78 Å². The molecule has 2 aromatic rings. The minimum atomic E-state index is -0.850. The monoisotopic (exact) mass is 254 g/mol. The van der Waals surface area contributed by atoms with Gasteiger partial charge in [0, 0.05) is 5.56 Å². The third-order valence-corrected chi connectivity index (χ3v) is 3.34. The normalized spacial score (nSPS) is 11.2. The molecule has 17 heavy (non-hydrogen) atoms. The predicted octanol–water partition coefficient (Wildman–Crippen LogP) is 3.92. The number of aryl methyl sites for hydroxylation is 1. The summed E-state index contributed by atoms with van der Waals surface area (Å²) in [7, 11) is 0. The molecule has 0 fully saturated rings. The first-order valence-corrected chi connectivity index (χ1v) is 6.10. The molecule has 2 rings (SSSR count). The molecule has 0 saturated carbocycles. The van der Waals surface area contributed by atoms with E-state index in [4.69, 9.17) is 0 Å². The maximum Gasteiger partial charge on any atom is 0.159 e. The van der Waals surface area contributed by atoms with Crippen LogP contribution in [0.3, 0.4) is 0 Å². The first-order valence-electron chi connectivity index (χ1n) is 5.28. The van der Waals surface area contributed by atoms with E-state index in [-0.39, 0.29) is 5.92 Å². The zero-order valence-corrected chi connectivity index (χ0v) is 10.6. The molecule has 5 heteroatoms. The van der Waals surface area contributed by atoms with E-state index in [1.165, 1.54) is 23.5 Å². The van der Waals surface area contributed by atoms with Crippen molar-refractivity contribution in [2.75, 3.05) is 0 Å². The van der Waals surface area contributed by atoms with E-state index in [2.05, 4.69) is 10.2 Å². The fourth-order valence-electron chi connectivity index (χ4n) is 1.63. The van der Waals surface area contributed by atoms with E-state index in [0.717, 1.165) is 10.6 Å². The first-order chi connectivity index (χ1) is 7.99. The second kappa shape index (κ2) is 4.49. The molecule has 0 N–H and O–H groups in total. The topological polar surface area (TPSA) is 25.8 Å². The van der Waals surface area contributed by atoms with Crippen molar-refractivity contribution in [3.8, 4) is 10.6 Å². The molecule has 0 aliphatic heterocycles. The van der Waals surface area contributed by atoms with E-state index < -0.39 is 11.6 Å². The van der Waals surface area contributed by atoms with Gasteiger partial charge in [-0.25, -0.2) is 8.78 Å². The first kappa shape index (κ1) is 12.1. The molecule has 90 valence electrons. The minimum absolute atomic E-state index is 0.101. The summed E-state index contributed by atoms with van der Waals surface area (Å²) in [6.45, 7) is 5.70. The molecule has 0 aliphatic rings. The van der Waals surface area contributed by atoms with Crippen LogP contribution in [0.5, 0.6) is 0 Å². The number of aromatic nitrogens is 2. The Morgan fingerprint density at radius 2 is 1.76 bits per heavy atom. The Kier molecular flexibility index (Phi) is 3.19. The Labute approximate surface area is 102 Å². The number of hydrogen-bond acceptors (Lipinski definition) is 3. The van der Waals surface area contributed by atoms with Crippen LogP contribution in [-0.2, 0) is 0 Å².